The van der Waals surface area contributed by atoms with Crippen LogP contribution in [0.5, 0.6) is 5.75 Å². The Morgan fingerprint density at radius 3 is 2.75 bits per heavy atom. The number of hydrogen-bond acceptors (Lipinski definition) is 3. The topological polar surface area (TPSA) is 50.4 Å². The zero-order chi connectivity index (χ0) is 17.4. The minimum atomic E-state index is -4.70. The van der Waals surface area contributed by atoms with Crippen LogP contribution in [-0.2, 0) is 4.79 Å². The molecule has 1 heterocycles. The molecule has 0 bridgehead atoms. The van der Waals surface area contributed by atoms with Crippen molar-refractivity contribution in [2.45, 2.75) is 63.0 Å². The number of rotatable bonds is 4. The van der Waals surface area contributed by atoms with Gasteiger partial charge >= 0.3 is 6.36 Å². The Kier molecular flexibility index (Phi) is 4.46. The fourth-order valence-electron chi connectivity index (χ4n) is 3.63. The highest BCUT2D eigenvalue weighted by Gasteiger charge is 2.47. The van der Waals surface area contributed by atoms with Crippen molar-refractivity contribution >= 4 is 5.91 Å². The van der Waals surface area contributed by atoms with Gasteiger partial charge in [0.25, 0.3) is 0 Å². The summed E-state index contributed by atoms with van der Waals surface area (Å²) in [6.07, 6.45) is -0.500. The molecule has 1 amide bonds. The molecule has 1 aromatic carbocycles. The lowest BCUT2D eigenvalue weighted by atomic mass is 9.68. The molecule has 3 rings (SSSR count). The Morgan fingerprint density at radius 1 is 1.38 bits per heavy atom. The highest BCUT2D eigenvalue weighted by Crippen LogP contribution is 2.39. The van der Waals surface area contributed by atoms with Crippen LogP contribution in [0, 0.1) is 0 Å². The van der Waals surface area contributed by atoms with Gasteiger partial charge in [0.15, 0.2) is 0 Å². The number of hydrogen-bond donors (Lipinski definition) is 2. The number of benzene rings is 1. The molecule has 132 valence electrons. The van der Waals surface area contributed by atoms with Crippen LogP contribution in [0.3, 0.4) is 0 Å². The molecule has 2 aliphatic rings. The second kappa shape index (κ2) is 6.27. The van der Waals surface area contributed by atoms with Crippen molar-refractivity contribution in [1.82, 2.24) is 10.6 Å². The van der Waals surface area contributed by atoms with Crippen LogP contribution >= 0.6 is 0 Å². The average Bonchev–Trinajstić information content (AvgIpc) is 2.46. The van der Waals surface area contributed by atoms with E-state index >= 15 is 0 Å². The maximum atomic E-state index is 12.4. The predicted octanol–water partition coefficient (Wildman–Crippen LogP) is 3.44. The molecule has 2 unspecified atom stereocenters. The van der Waals surface area contributed by atoms with Crippen molar-refractivity contribution in [2.75, 3.05) is 0 Å². The van der Waals surface area contributed by atoms with Gasteiger partial charge in [-0.25, -0.2) is 0 Å². The molecule has 1 saturated carbocycles. The van der Waals surface area contributed by atoms with Crippen molar-refractivity contribution in [3.8, 4) is 5.75 Å². The summed E-state index contributed by atoms with van der Waals surface area (Å²) in [7, 11) is 0. The van der Waals surface area contributed by atoms with Gasteiger partial charge in [-0.15, -0.1) is 13.2 Å². The van der Waals surface area contributed by atoms with E-state index in [1.54, 1.807) is 12.1 Å². The Morgan fingerprint density at radius 2 is 2.12 bits per heavy atom. The van der Waals surface area contributed by atoms with E-state index in [2.05, 4.69) is 15.4 Å². The lowest BCUT2D eigenvalue weighted by Gasteiger charge is -2.51. The molecule has 2 N–H and O–H groups in total. The minimum Gasteiger partial charge on any atom is -0.406 e. The monoisotopic (exact) mass is 342 g/mol. The quantitative estimate of drug-likeness (QED) is 0.881. The molecule has 24 heavy (non-hydrogen) atoms. The zero-order valence-corrected chi connectivity index (χ0v) is 13.5. The number of piperidine rings is 1. The molecule has 1 aliphatic carbocycles. The van der Waals surface area contributed by atoms with Crippen molar-refractivity contribution < 1.29 is 22.7 Å². The summed E-state index contributed by atoms with van der Waals surface area (Å²) in [5, 5.41) is 6.59. The van der Waals surface area contributed by atoms with Crippen molar-refractivity contribution in [3.05, 3.63) is 29.8 Å². The first-order valence-electron chi connectivity index (χ1n) is 8.20. The Labute approximate surface area is 138 Å². The first-order valence-corrected chi connectivity index (χ1v) is 8.20. The van der Waals surface area contributed by atoms with Crippen molar-refractivity contribution in [3.63, 3.8) is 0 Å². The highest BCUT2D eigenvalue weighted by atomic mass is 19.4. The summed E-state index contributed by atoms with van der Waals surface area (Å²) in [6, 6.07) is 6.01. The van der Waals surface area contributed by atoms with E-state index < -0.39 is 6.36 Å². The number of nitrogens with one attached hydrogen (secondary N) is 2. The lowest BCUT2D eigenvalue weighted by molar-refractivity contribution is -0.274. The maximum Gasteiger partial charge on any atom is 0.573 e. The smallest absolute Gasteiger partial charge is 0.406 e. The van der Waals surface area contributed by atoms with Crippen LogP contribution in [0.2, 0.25) is 0 Å². The van der Waals surface area contributed by atoms with Gasteiger partial charge in [-0.3, -0.25) is 4.79 Å². The molecular formula is C17H21F3N2O2. The van der Waals surface area contributed by atoms with Gasteiger partial charge < -0.3 is 15.4 Å². The summed E-state index contributed by atoms with van der Waals surface area (Å²) in [6.45, 7) is 1.91. The normalized spacial score (nSPS) is 24.2. The largest absolute Gasteiger partial charge is 0.573 e. The van der Waals surface area contributed by atoms with E-state index in [-0.39, 0.29) is 29.3 Å². The molecule has 1 saturated heterocycles. The van der Waals surface area contributed by atoms with E-state index in [0.717, 1.165) is 31.2 Å². The summed E-state index contributed by atoms with van der Waals surface area (Å²) < 4.78 is 41.1. The first kappa shape index (κ1) is 17.1. The molecule has 2 atom stereocenters. The van der Waals surface area contributed by atoms with Crippen LogP contribution in [-0.4, -0.2) is 23.9 Å². The Bertz CT molecular complexity index is 614. The van der Waals surface area contributed by atoms with Gasteiger partial charge in [-0.05, 0) is 50.3 Å². The van der Waals surface area contributed by atoms with E-state index in [9.17, 15) is 18.0 Å². The Balaban J connectivity index is 1.69. The SMILES string of the molecule is CC(NC1CCC(=O)NC12CCC2)c1cccc(OC(F)(F)F)c1. The van der Waals surface area contributed by atoms with Gasteiger partial charge in [0.05, 0.1) is 5.54 Å². The van der Waals surface area contributed by atoms with Gasteiger partial charge in [0, 0.05) is 18.5 Å². The van der Waals surface area contributed by atoms with Gasteiger partial charge in [0.2, 0.25) is 5.91 Å². The third-order valence-electron chi connectivity index (χ3n) is 5.00. The Hall–Kier alpha value is -1.76. The molecule has 1 spiro atoms. The van der Waals surface area contributed by atoms with Crippen molar-refractivity contribution in [1.29, 1.82) is 0 Å². The fourth-order valence-corrected chi connectivity index (χ4v) is 3.63. The molecule has 1 aromatic rings. The van der Waals surface area contributed by atoms with Crippen molar-refractivity contribution in [2.24, 2.45) is 0 Å². The molecule has 0 radical (unpaired) electrons. The van der Waals surface area contributed by atoms with E-state index in [1.165, 1.54) is 12.1 Å². The van der Waals surface area contributed by atoms with Gasteiger partial charge in [0.1, 0.15) is 5.75 Å². The van der Waals surface area contributed by atoms with Crippen LogP contribution in [0.25, 0.3) is 0 Å². The third kappa shape index (κ3) is 3.66. The molecule has 7 heteroatoms. The van der Waals surface area contributed by atoms with E-state index in [0.29, 0.717) is 6.42 Å². The molecule has 1 aliphatic heterocycles. The molecular weight excluding hydrogens is 321 g/mol. The molecule has 2 fully saturated rings. The molecule has 0 aromatic heterocycles. The summed E-state index contributed by atoms with van der Waals surface area (Å²) >= 11 is 0. The fraction of sp³-hybridized carbons (Fsp3) is 0.588. The van der Waals surface area contributed by atoms with Crippen LogP contribution in [0.15, 0.2) is 24.3 Å². The predicted molar refractivity (Wildman–Crippen MR) is 82.4 cm³/mol. The number of halogens is 3. The van der Waals surface area contributed by atoms with Crippen LogP contribution in [0.4, 0.5) is 13.2 Å². The number of ether oxygens (including phenoxy) is 1. The number of alkyl halides is 3. The zero-order valence-electron chi connectivity index (χ0n) is 13.5. The van der Waals surface area contributed by atoms with Crippen LogP contribution < -0.4 is 15.4 Å². The maximum absolute atomic E-state index is 12.4. The summed E-state index contributed by atoms with van der Waals surface area (Å²) in [4.78, 5) is 11.7. The van der Waals surface area contributed by atoms with Gasteiger partial charge in [-0.1, -0.05) is 12.1 Å². The highest BCUT2D eigenvalue weighted by molar-refractivity contribution is 5.78. The second-order valence-electron chi connectivity index (χ2n) is 6.66. The number of carbonyl (C=O) groups excluding carboxylic acids is 1. The summed E-state index contributed by atoms with van der Waals surface area (Å²) in [5.41, 5.74) is 0.534. The molecule has 4 nitrogen and oxygen atoms in total. The lowest BCUT2D eigenvalue weighted by Crippen LogP contribution is -2.68. The van der Waals surface area contributed by atoms with Crippen LogP contribution in [0.1, 0.15) is 50.6 Å². The summed E-state index contributed by atoms with van der Waals surface area (Å²) in [5.74, 6) is -0.134. The van der Waals surface area contributed by atoms with E-state index in [1.807, 2.05) is 6.92 Å². The second-order valence-corrected chi connectivity index (χ2v) is 6.66. The first-order chi connectivity index (χ1) is 11.3. The minimum absolute atomic E-state index is 0.0842. The van der Waals surface area contributed by atoms with E-state index in [4.69, 9.17) is 0 Å². The standard InChI is InChI=1S/C17H21F3N2O2/c1-11(12-4-2-5-13(10-12)24-17(18,19)20)21-14-6-7-15(23)22-16(14)8-3-9-16/h2,4-5,10-11,14,21H,3,6-9H2,1H3,(H,22,23). The average molecular weight is 342 g/mol. The number of carbonyl (C=O) groups is 1. The number of amides is 1. The third-order valence-corrected chi connectivity index (χ3v) is 5.00. The van der Waals surface area contributed by atoms with Gasteiger partial charge in [-0.2, -0.15) is 0 Å².